The summed E-state index contributed by atoms with van der Waals surface area (Å²) < 4.78 is 0. The van der Waals surface area contributed by atoms with E-state index in [4.69, 9.17) is 23.2 Å². The normalized spacial score (nSPS) is 22.5. The van der Waals surface area contributed by atoms with Crippen molar-refractivity contribution >= 4 is 40.5 Å². The zero-order valence-electron chi connectivity index (χ0n) is 18.1. The quantitative estimate of drug-likeness (QED) is 0.661. The highest BCUT2D eigenvalue weighted by molar-refractivity contribution is 6.35. The fourth-order valence-corrected chi connectivity index (χ4v) is 5.16. The molecule has 5 nitrogen and oxygen atoms in total. The molecule has 2 saturated heterocycles. The number of carbonyl (C=O) groups is 1. The summed E-state index contributed by atoms with van der Waals surface area (Å²) >= 11 is 12.4. The molecule has 0 aliphatic carbocycles. The van der Waals surface area contributed by atoms with E-state index in [-0.39, 0.29) is 24.0 Å². The molecule has 0 radical (unpaired) electrons. The zero-order chi connectivity index (χ0) is 22.0. The Morgan fingerprint density at radius 1 is 1.19 bits per heavy atom. The van der Waals surface area contributed by atoms with Crippen molar-refractivity contribution in [3.8, 4) is 0 Å². The average molecular weight is 461 g/mol. The van der Waals surface area contributed by atoms with Crippen LogP contribution in [0.4, 0.5) is 11.4 Å². The minimum Gasteiger partial charge on any atom is -0.378 e. The van der Waals surface area contributed by atoms with Crippen LogP contribution in [0.25, 0.3) is 0 Å². The fraction of sp³-hybridized carbons (Fsp3) is 0.458. The maximum absolute atomic E-state index is 12.8. The monoisotopic (exact) mass is 460 g/mol. The van der Waals surface area contributed by atoms with E-state index in [9.17, 15) is 4.79 Å². The molecule has 0 aromatic heterocycles. The Hall–Kier alpha value is -1.95. The van der Waals surface area contributed by atoms with Crippen LogP contribution in [0.1, 0.15) is 38.3 Å². The van der Waals surface area contributed by atoms with Crippen LogP contribution in [0.5, 0.6) is 0 Å². The lowest BCUT2D eigenvalue weighted by molar-refractivity contribution is -0.135. The van der Waals surface area contributed by atoms with E-state index in [0.29, 0.717) is 10.0 Å². The number of piperazine rings is 1. The molecule has 31 heavy (non-hydrogen) atoms. The van der Waals surface area contributed by atoms with Crippen molar-refractivity contribution in [1.29, 1.82) is 0 Å². The largest absolute Gasteiger partial charge is 0.378 e. The number of carbonyl (C=O) groups excluding carboxylic acids is 1. The molecule has 4 rings (SSSR count). The van der Waals surface area contributed by atoms with Crippen LogP contribution in [0.15, 0.2) is 42.5 Å². The molecule has 2 aromatic rings. The van der Waals surface area contributed by atoms with Gasteiger partial charge in [-0.3, -0.25) is 4.79 Å². The van der Waals surface area contributed by atoms with Crippen LogP contribution < -0.4 is 15.5 Å². The summed E-state index contributed by atoms with van der Waals surface area (Å²) in [5, 5.41) is 8.18. The number of rotatable bonds is 5. The van der Waals surface area contributed by atoms with Gasteiger partial charge in [-0.1, -0.05) is 35.3 Å². The van der Waals surface area contributed by atoms with Crippen LogP contribution in [-0.2, 0) is 4.79 Å². The Balaban J connectivity index is 1.41. The molecule has 0 unspecified atom stereocenters. The summed E-state index contributed by atoms with van der Waals surface area (Å²) in [5.74, 6) is 0.258. The first-order chi connectivity index (χ1) is 14.9. The number of anilines is 2. The number of nitrogens with one attached hydrogen (secondary N) is 2. The van der Waals surface area contributed by atoms with E-state index in [1.54, 1.807) is 6.07 Å². The Morgan fingerprint density at radius 2 is 2.03 bits per heavy atom. The maximum atomic E-state index is 12.8. The molecule has 166 valence electrons. The molecule has 2 heterocycles. The van der Waals surface area contributed by atoms with E-state index in [2.05, 4.69) is 53.6 Å². The number of nitrogens with zero attached hydrogens (tertiary/aromatic N) is 2. The number of amides is 1. The minimum absolute atomic E-state index is 0.00251. The van der Waals surface area contributed by atoms with Gasteiger partial charge in [0.05, 0.1) is 6.04 Å². The molecule has 2 aromatic carbocycles. The topological polar surface area (TPSA) is 47.6 Å². The third-order valence-electron chi connectivity index (χ3n) is 6.29. The van der Waals surface area contributed by atoms with E-state index in [1.807, 2.05) is 17.0 Å². The Bertz CT molecular complexity index is 932. The second-order valence-corrected chi connectivity index (χ2v) is 9.40. The Morgan fingerprint density at radius 3 is 2.74 bits per heavy atom. The first kappa shape index (κ1) is 22.3. The lowest BCUT2D eigenvalue weighted by Crippen LogP contribution is -2.57. The fourth-order valence-electron chi connectivity index (χ4n) is 4.59. The predicted octanol–water partition coefficient (Wildman–Crippen LogP) is 4.96. The average Bonchev–Trinajstić information content (AvgIpc) is 3.28. The summed E-state index contributed by atoms with van der Waals surface area (Å²) in [5.41, 5.74) is 3.22. The standard InChI is InChI=1S/C24H30Cl2N4O/c1-16-15-29(11-12-30(16)24(31)23-7-4-10-27-23)20-6-3-5-19(14-20)28-17(2)21-9-8-18(25)13-22(21)26/h3,5-6,8-9,13-14,16-17,23,27-28H,4,7,10-12,15H2,1-2H3/t16-,17-,23-/m1/s1. The number of halogens is 2. The molecule has 2 N–H and O–H groups in total. The molecular formula is C24H30Cl2N4O. The van der Waals surface area contributed by atoms with Crippen molar-refractivity contribution in [2.75, 3.05) is 36.4 Å². The predicted molar refractivity (Wildman–Crippen MR) is 129 cm³/mol. The SMILES string of the molecule is C[C@@H]1CN(c2cccc(N[C@H](C)c3ccc(Cl)cc3Cl)c2)CCN1C(=O)[C@H]1CCCN1. The zero-order valence-corrected chi connectivity index (χ0v) is 19.6. The van der Waals surface area contributed by atoms with Crippen molar-refractivity contribution in [3.63, 3.8) is 0 Å². The number of benzene rings is 2. The van der Waals surface area contributed by atoms with Gasteiger partial charge in [0, 0.05) is 53.1 Å². The molecule has 2 aliphatic rings. The van der Waals surface area contributed by atoms with Gasteiger partial charge in [0.2, 0.25) is 5.91 Å². The molecule has 1 amide bonds. The van der Waals surface area contributed by atoms with Gasteiger partial charge in [-0.2, -0.15) is 0 Å². The van der Waals surface area contributed by atoms with Crippen LogP contribution >= 0.6 is 23.2 Å². The second-order valence-electron chi connectivity index (χ2n) is 8.56. The summed E-state index contributed by atoms with van der Waals surface area (Å²) in [7, 11) is 0. The van der Waals surface area contributed by atoms with E-state index < -0.39 is 0 Å². The van der Waals surface area contributed by atoms with Crippen molar-refractivity contribution in [1.82, 2.24) is 10.2 Å². The molecule has 7 heteroatoms. The van der Waals surface area contributed by atoms with Gasteiger partial charge in [-0.05, 0) is 69.1 Å². The molecule has 2 aliphatic heterocycles. The highest BCUT2D eigenvalue weighted by Gasteiger charge is 2.33. The summed E-state index contributed by atoms with van der Waals surface area (Å²) in [6, 6.07) is 14.3. The van der Waals surface area contributed by atoms with Crippen LogP contribution in [0, 0.1) is 0 Å². The third kappa shape index (κ3) is 5.11. The highest BCUT2D eigenvalue weighted by atomic mass is 35.5. The first-order valence-corrected chi connectivity index (χ1v) is 11.8. The van der Waals surface area contributed by atoms with Gasteiger partial charge in [0.15, 0.2) is 0 Å². The molecule has 0 spiro atoms. The van der Waals surface area contributed by atoms with Gasteiger partial charge >= 0.3 is 0 Å². The molecule has 0 bridgehead atoms. The lowest BCUT2D eigenvalue weighted by Gasteiger charge is -2.42. The highest BCUT2D eigenvalue weighted by Crippen LogP contribution is 2.30. The van der Waals surface area contributed by atoms with E-state index in [1.165, 1.54) is 0 Å². The van der Waals surface area contributed by atoms with Crippen LogP contribution in [-0.4, -0.2) is 49.1 Å². The molecule has 2 fully saturated rings. The Labute approximate surface area is 194 Å². The first-order valence-electron chi connectivity index (χ1n) is 11.0. The smallest absolute Gasteiger partial charge is 0.240 e. The number of hydrogen-bond acceptors (Lipinski definition) is 4. The van der Waals surface area contributed by atoms with Crippen LogP contribution in [0.3, 0.4) is 0 Å². The van der Waals surface area contributed by atoms with Gasteiger partial charge in [-0.25, -0.2) is 0 Å². The summed E-state index contributed by atoms with van der Waals surface area (Å²) in [6.45, 7) is 7.61. The summed E-state index contributed by atoms with van der Waals surface area (Å²) in [6.07, 6.45) is 2.04. The molecule has 0 saturated carbocycles. The van der Waals surface area contributed by atoms with Gasteiger partial charge in [0.25, 0.3) is 0 Å². The Kier molecular flexibility index (Phi) is 6.95. The molecule has 3 atom stereocenters. The molecular weight excluding hydrogens is 431 g/mol. The van der Waals surface area contributed by atoms with Crippen LogP contribution in [0.2, 0.25) is 10.0 Å². The maximum Gasteiger partial charge on any atom is 0.240 e. The lowest BCUT2D eigenvalue weighted by atomic mass is 10.1. The third-order valence-corrected chi connectivity index (χ3v) is 6.85. The summed E-state index contributed by atoms with van der Waals surface area (Å²) in [4.78, 5) is 17.2. The van der Waals surface area contributed by atoms with E-state index >= 15 is 0 Å². The second kappa shape index (κ2) is 9.68. The van der Waals surface area contributed by atoms with E-state index in [0.717, 1.165) is 56.0 Å². The minimum atomic E-state index is 0.00251. The van der Waals surface area contributed by atoms with Gasteiger partial charge in [0.1, 0.15) is 0 Å². The van der Waals surface area contributed by atoms with Crippen molar-refractivity contribution < 1.29 is 4.79 Å². The van der Waals surface area contributed by atoms with Gasteiger partial charge in [-0.15, -0.1) is 0 Å². The van der Waals surface area contributed by atoms with Crippen molar-refractivity contribution in [3.05, 3.63) is 58.1 Å². The van der Waals surface area contributed by atoms with Gasteiger partial charge < -0.3 is 20.4 Å². The van der Waals surface area contributed by atoms with Crippen molar-refractivity contribution in [2.45, 2.75) is 44.8 Å². The number of hydrogen-bond donors (Lipinski definition) is 2. The van der Waals surface area contributed by atoms with Crippen molar-refractivity contribution in [2.24, 2.45) is 0 Å².